The summed E-state index contributed by atoms with van der Waals surface area (Å²) in [5, 5.41) is 0. The minimum Gasteiger partial charge on any atom is -0.457 e. The average Bonchev–Trinajstić information content (AvgIpc) is 3.65. The molecular formula is C60H43NO. The molecule has 3 atom stereocenters. The maximum Gasteiger partial charge on any atom is 0.131 e. The van der Waals surface area contributed by atoms with E-state index in [0.717, 1.165) is 58.0 Å². The van der Waals surface area contributed by atoms with E-state index in [1.807, 2.05) is 0 Å². The Kier molecular flexibility index (Phi) is 8.71. The molecule has 2 heteroatoms. The lowest BCUT2D eigenvalue weighted by molar-refractivity contribution is 0.374. The van der Waals surface area contributed by atoms with Gasteiger partial charge in [-0.2, -0.15) is 0 Å². The zero-order chi connectivity index (χ0) is 41.0. The van der Waals surface area contributed by atoms with Crippen LogP contribution in [0.1, 0.15) is 46.7 Å². The molecule has 3 aliphatic carbocycles. The number of benzene rings is 7. The summed E-state index contributed by atoms with van der Waals surface area (Å²) in [5.41, 5.74) is 18.4. The molecule has 1 aromatic heterocycles. The Bertz CT molecular complexity index is 3170. The van der Waals surface area contributed by atoms with Gasteiger partial charge in [-0.25, -0.2) is 4.98 Å². The fraction of sp³-hybridized carbons (Fsp3) is 0.0833. The van der Waals surface area contributed by atoms with Crippen LogP contribution in [0, 0.1) is 5.92 Å². The van der Waals surface area contributed by atoms with Crippen LogP contribution in [0.5, 0.6) is 11.5 Å². The van der Waals surface area contributed by atoms with E-state index in [2.05, 4.69) is 225 Å². The number of fused-ring (bicyclic) bond motifs is 9. The molecule has 2 heterocycles. The van der Waals surface area contributed by atoms with Gasteiger partial charge in [0, 0.05) is 28.5 Å². The van der Waals surface area contributed by atoms with Gasteiger partial charge in [0.2, 0.25) is 0 Å². The highest BCUT2D eigenvalue weighted by molar-refractivity contribution is 5.96. The van der Waals surface area contributed by atoms with E-state index in [1.165, 1.54) is 55.6 Å². The monoisotopic (exact) mass is 793 g/mol. The van der Waals surface area contributed by atoms with Crippen LogP contribution in [0.4, 0.5) is 0 Å². The van der Waals surface area contributed by atoms with Crippen molar-refractivity contribution >= 4 is 5.57 Å². The van der Waals surface area contributed by atoms with Gasteiger partial charge in [0.1, 0.15) is 11.5 Å². The number of nitrogens with zero attached hydrogens (tertiary/aromatic N) is 1. The molecule has 7 aromatic carbocycles. The van der Waals surface area contributed by atoms with E-state index >= 15 is 0 Å². The first-order chi connectivity index (χ1) is 30.7. The first kappa shape index (κ1) is 36.3. The first-order valence-electron chi connectivity index (χ1n) is 21.8. The highest BCUT2D eigenvalue weighted by atomic mass is 16.5. The molecule has 8 aromatic rings. The molecule has 1 spiro atoms. The van der Waals surface area contributed by atoms with E-state index in [4.69, 9.17) is 9.72 Å². The van der Waals surface area contributed by atoms with Crippen LogP contribution in [0.2, 0.25) is 0 Å². The van der Waals surface area contributed by atoms with Gasteiger partial charge in [-0.15, -0.1) is 0 Å². The second-order valence-corrected chi connectivity index (χ2v) is 16.8. The summed E-state index contributed by atoms with van der Waals surface area (Å²) in [7, 11) is 0. The predicted octanol–water partition coefficient (Wildman–Crippen LogP) is 15.4. The van der Waals surface area contributed by atoms with E-state index < -0.39 is 5.41 Å². The van der Waals surface area contributed by atoms with Crippen LogP contribution >= 0.6 is 0 Å². The summed E-state index contributed by atoms with van der Waals surface area (Å²) in [6.45, 7) is 0. The zero-order valence-corrected chi connectivity index (χ0v) is 34.3. The third-order valence-corrected chi connectivity index (χ3v) is 13.4. The summed E-state index contributed by atoms with van der Waals surface area (Å²) >= 11 is 0. The number of pyridine rings is 1. The van der Waals surface area contributed by atoms with Gasteiger partial charge in [0.25, 0.3) is 0 Å². The second-order valence-electron chi connectivity index (χ2n) is 16.8. The number of aromatic nitrogens is 1. The van der Waals surface area contributed by atoms with Gasteiger partial charge >= 0.3 is 0 Å². The number of hydrogen-bond acceptors (Lipinski definition) is 2. The molecule has 0 fully saturated rings. The molecule has 3 unspecified atom stereocenters. The molecule has 0 saturated heterocycles. The molecule has 0 bridgehead atoms. The maximum absolute atomic E-state index is 6.84. The van der Waals surface area contributed by atoms with Crippen LogP contribution in [0.3, 0.4) is 0 Å². The van der Waals surface area contributed by atoms with Crippen LogP contribution in [0.15, 0.2) is 225 Å². The summed E-state index contributed by atoms with van der Waals surface area (Å²) in [6, 6.07) is 66.5. The molecule has 294 valence electrons. The molecule has 1 aliphatic heterocycles. The molecule has 0 N–H and O–H groups in total. The second kappa shape index (κ2) is 14.9. The molecule has 62 heavy (non-hydrogen) atoms. The Labute approximate surface area is 363 Å². The van der Waals surface area contributed by atoms with Gasteiger partial charge in [-0.3, -0.25) is 0 Å². The van der Waals surface area contributed by atoms with Crippen molar-refractivity contribution in [2.45, 2.75) is 24.2 Å². The number of rotatable bonds is 6. The Morgan fingerprint density at radius 3 is 1.95 bits per heavy atom. The van der Waals surface area contributed by atoms with Gasteiger partial charge in [0.15, 0.2) is 0 Å². The number of para-hydroxylation sites is 1. The molecular weight excluding hydrogens is 751 g/mol. The van der Waals surface area contributed by atoms with Gasteiger partial charge in [-0.05, 0) is 110 Å². The fourth-order valence-electron chi connectivity index (χ4n) is 10.8. The van der Waals surface area contributed by atoms with Crippen molar-refractivity contribution in [2.75, 3.05) is 0 Å². The maximum atomic E-state index is 6.84. The number of hydrogen-bond donors (Lipinski definition) is 0. The van der Waals surface area contributed by atoms with E-state index in [-0.39, 0.29) is 11.8 Å². The van der Waals surface area contributed by atoms with Crippen molar-refractivity contribution in [3.63, 3.8) is 0 Å². The highest BCUT2D eigenvalue weighted by Gasteiger charge is 2.56. The van der Waals surface area contributed by atoms with Crippen LogP contribution in [-0.4, -0.2) is 4.98 Å². The van der Waals surface area contributed by atoms with E-state index in [9.17, 15) is 0 Å². The third kappa shape index (κ3) is 5.82. The summed E-state index contributed by atoms with van der Waals surface area (Å²) in [5.74, 6) is 2.32. The van der Waals surface area contributed by atoms with Gasteiger partial charge in [-0.1, -0.05) is 188 Å². The normalized spacial score (nSPS) is 18.9. The SMILES string of the molecule is C1=CC2c3ccccc3C3(c4ccccc4Oc4ccc(-c5cccc(-c6cccc(-c7cc(C8=CCCC=C8)nc(-c8ccccc8)c7)c6)c5-c5ccccc5)cc43)C2C=C1. The van der Waals surface area contributed by atoms with Gasteiger partial charge in [0.05, 0.1) is 16.8 Å². The average molecular weight is 794 g/mol. The Morgan fingerprint density at radius 1 is 0.468 bits per heavy atom. The van der Waals surface area contributed by atoms with Crippen LogP contribution in [-0.2, 0) is 5.41 Å². The Balaban J connectivity index is 1.04. The van der Waals surface area contributed by atoms with Crippen molar-refractivity contribution in [1.29, 1.82) is 0 Å². The standard InChI is InChI=1S/C60H43NO/c1-4-18-40(19-5-1)55-38-46(39-56(61-55)41-20-6-2-7-21-41)43-24-16-25-44(36-43)47-28-17-29-48(59(47)42-22-8-3-9-23-42)45-34-35-58-54(37-45)60(53-32-14-15-33-57(53)62-58)51-30-12-10-26-49(51)50-27-11-13-31-52(50)60/h1,3-6,8-39,49,51H,2,7H2. The predicted molar refractivity (Wildman–Crippen MR) is 255 cm³/mol. The summed E-state index contributed by atoms with van der Waals surface area (Å²) in [4.78, 5) is 5.20. The molecule has 4 aliphatic rings. The van der Waals surface area contributed by atoms with E-state index in [0.29, 0.717) is 0 Å². The summed E-state index contributed by atoms with van der Waals surface area (Å²) in [6.07, 6.45) is 18.2. The Morgan fingerprint density at radius 2 is 1.13 bits per heavy atom. The third-order valence-electron chi connectivity index (χ3n) is 13.4. The molecule has 0 radical (unpaired) electrons. The molecule has 12 rings (SSSR count). The Hall–Kier alpha value is -7.55. The first-order valence-corrected chi connectivity index (χ1v) is 21.8. The van der Waals surface area contributed by atoms with Crippen molar-refractivity contribution in [3.8, 4) is 67.3 Å². The quantitative estimate of drug-likeness (QED) is 0.167. The highest BCUT2D eigenvalue weighted by Crippen LogP contribution is 2.65. The van der Waals surface area contributed by atoms with Crippen molar-refractivity contribution in [2.24, 2.45) is 5.92 Å². The van der Waals surface area contributed by atoms with Crippen molar-refractivity contribution in [1.82, 2.24) is 4.98 Å². The number of ether oxygens (including phenoxy) is 1. The van der Waals surface area contributed by atoms with E-state index in [1.54, 1.807) is 0 Å². The van der Waals surface area contributed by atoms with Crippen LogP contribution < -0.4 is 4.74 Å². The van der Waals surface area contributed by atoms with Crippen molar-refractivity contribution < 1.29 is 4.74 Å². The van der Waals surface area contributed by atoms with Gasteiger partial charge < -0.3 is 4.74 Å². The zero-order valence-electron chi connectivity index (χ0n) is 34.3. The fourth-order valence-corrected chi connectivity index (χ4v) is 10.8. The largest absolute Gasteiger partial charge is 0.457 e. The smallest absolute Gasteiger partial charge is 0.131 e. The lowest BCUT2D eigenvalue weighted by Crippen LogP contribution is -2.37. The lowest BCUT2D eigenvalue weighted by atomic mass is 9.61. The van der Waals surface area contributed by atoms with Crippen molar-refractivity contribution in [3.05, 3.63) is 252 Å². The molecule has 0 saturated carbocycles. The lowest BCUT2D eigenvalue weighted by Gasteiger charge is -2.43. The minimum atomic E-state index is -0.424. The minimum absolute atomic E-state index is 0.202. The van der Waals surface area contributed by atoms with Crippen LogP contribution in [0.25, 0.3) is 61.3 Å². The number of allylic oxidation sites excluding steroid dienone is 8. The molecule has 0 amide bonds. The topological polar surface area (TPSA) is 22.1 Å². The summed E-state index contributed by atoms with van der Waals surface area (Å²) < 4.78 is 6.84. The molecule has 2 nitrogen and oxygen atoms in total.